The van der Waals surface area contributed by atoms with Crippen molar-refractivity contribution < 1.29 is 9.72 Å². The van der Waals surface area contributed by atoms with Crippen molar-refractivity contribution in [2.45, 2.75) is 13.5 Å². The summed E-state index contributed by atoms with van der Waals surface area (Å²) >= 11 is 6.12. The number of nitro groups is 1. The summed E-state index contributed by atoms with van der Waals surface area (Å²) in [5, 5.41) is 23.3. The highest BCUT2D eigenvalue weighted by Crippen LogP contribution is 2.24. The molecule has 1 aromatic heterocycles. The second-order valence-electron chi connectivity index (χ2n) is 7.33. The molecule has 1 aliphatic heterocycles. The van der Waals surface area contributed by atoms with Crippen molar-refractivity contribution in [2.24, 2.45) is 0 Å². The third-order valence-corrected chi connectivity index (χ3v) is 5.56. The van der Waals surface area contributed by atoms with Crippen LogP contribution in [0.25, 0.3) is 5.69 Å². The summed E-state index contributed by atoms with van der Waals surface area (Å²) in [6.45, 7) is 4.76. The van der Waals surface area contributed by atoms with Gasteiger partial charge in [-0.25, -0.2) is 0 Å². The van der Waals surface area contributed by atoms with Crippen molar-refractivity contribution in [3.05, 3.63) is 74.6 Å². The van der Waals surface area contributed by atoms with Crippen molar-refractivity contribution in [1.82, 2.24) is 30.0 Å². The van der Waals surface area contributed by atoms with Crippen LogP contribution in [0.2, 0.25) is 5.02 Å². The number of aryl methyl sites for hydroxylation is 1. The molecule has 31 heavy (non-hydrogen) atoms. The molecule has 0 unspecified atom stereocenters. The van der Waals surface area contributed by atoms with Crippen molar-refractivity contribution in [3.8, 4) is 5.69 Å². The lowest BCUT2D eigenvalue weighted by atomic mass is 10.1. The standard InChI is InChI=1S/C20H20ClN7O3/c1-14-2-4-15(5-3-14)27-19(22-23-24-27)13-25-8-10-26(11-9-25)20(29)17-12-16(28(30)31)6-7-18(17)21/h2-7,12H,8-11,13H2,1H3. The zero-order chi connectivity index (χ0) is 22.0. The number of non-ortho nitro benzene ring substituents is 1. The molecule has 0 radical (unpaired) electrons. The second-order valence-corrected chi connectivity index (χ2v) is 7.74. The Balaban J connectivity index is 1.41. The summed E-state index contributed by atoms with van der Waals surface area (Å²) in [6, 6.07) is 11.8. The van der Waals surface area contributed by atoms with Crippen LogP contribution in [-0.4, -0.2) is 67.0 Å². The normalized spacial score (nSPS) is 14.6. The predicted octanol–water partition coefficient (Wildman–Crippen LogP) is 2.49. The van der Waals surface area contributed by atoms with Gasteiger partial charge in [-0.2, -0.15) is 4.68 Å². The number of hydrogen-bond acceptors (Lipinski definition) is 7. The first-order valence-electron chi connectivity index (χ1n) is 9.72. The van der Waals surface area contributed by atoms with Gasteiger partial charge in [-0.15, -0.1) is 5.10 Å². The van der Waals surface area contributed by atoms with E-state index in [2.05, 4.69) is 20.4 Å². The van der Waals surface area contributed by atoms with Gasteiger partial charge in [0.1, 0.15) is 0 Å². The maximum absolute atomic E-state index is 12.8. The molecule has 1 amide bonds. The summed E-state index contributed by atoms with van der Waals surface area (Å²) in [7, 11) is 0. The van der Waals surface area contributed by atoms with Gasteiger partial charge in [0.25, 0.3) is 11.6 Å². The number of halogens is 1. The zero-order valence-corrected chi connectivity index (χ0v) is 17.6. The highest BCUT2D eigenvalue weighted by atomic mass is 35.5. The summed E-state index contributed by atoms with van der Waals surface area (Å²) in [5.74, 6) is 0.406. The highest BCUT2D eigenvalue weighted by molar-refractivity contribution is 6.33. The monoisotopic (exact) mass is 441 g/mol. The molecule has 11 heteroatoms. The van der Waals surface area contributed by atoms with Crippen LogP contribution in [0.3, 0.4) is 0 Å². The van der Waals surface area contributed by atoms with Crippen molar-refractivity contribution in [1.29, 1.82) is 0 Å². The minimum absolute atomic E-state index is 0.146. The number of nitrogens with zero attached hydrogens (tertiary/aromatic N) is 7. The van der Waals surface area contributed by atoms with E-state index in [1.807, 2.05) is 31.2 Å². The van der Waals surface area contributed by atoms with E-state index < -0.39 is 4.92 Å². The lowest BCUT2D eigenvalue weighted by Gasteiger charge is -2.34. The number of nitro benzene ring substituents is 1. The van der Waals surface area contributed by atoms with Gasteiger partial charge >= 0.3 is 0 Å². The number of carbonyl (C=O) groups excluding carboxylic acids is 1. The van der Waals surface area contributed by atoms with Gasteiger partial charge in [0.15, 0.2) is 5.82 Å². The Morgan fingerprint density at radius 1 is 1.13 bits per heavy atom. The minimum Gasteiger partial charge on any atom is -0.336 e. The Morgan fingerprint density at radius 2 is 1.84 bits per heavy atom. The molecule has 0 spiro atoms. The average Bonchev–Trinajstić information content (AvgIpc) is 3.22. The second kappa shape index (κ2) is 8.78. The molecular formula is C20H20ClN7O3. The maximum atomic E-state index is 12.8. The van der Waals surface area contributed by atoms with Crippen LogP contribution in [0.5, 0.6) is 0 Å². The topological polar surface area (TPSA) is 110 Å². The Bertz CT molecular complexity index is 1110. The van der Waals surface area contributed by atoms with Crippen LogP contribution < -0.4 is 0 Å². The smallest absolute Gasteiger partial charge is 0.270 e. The van der Waals surface area contributed by atoms with Crippen molar-refractivity contribution >= 4 is 23.2 Å². The van der Waals surface area contributed by atoms with E-state index in [9.17, 15) is 14.9 Å². The third-order valence-electron chi connectivity index (χ3n) is 5.23. The number of benzene rings is 2. The fourth-order valence-electron chi connectivity index (χ4n) is 3.46. The van der Waals surface area contributed by atoms with Crippen LogP contribution in [-0.2, 0) is 6.54 Å². The fraction of sp³-hybridized carbons (Fsp3) is 0.300. The molecule has 0 aliphatic carbocycles. The number of tetrazole rings is 1. The van der Waals surface area contributed by atoms with Gasteiger partial charge in [0, 0.05) is 38.3 Å². The molecule has 3 aromatic rings. The van der Waals surface area contributed by atoms with E-state index in [1.165, 1.54) is 18.2 Å². The largest absolute Gasteiger partial charge is 0.336 e. The van der Waals surface area contributed by atoms with E-state index >= 15 is 0 Å². The number of hydrogen-bond donors (Lipinski definition) is 0. The van der Waals surface area contributed by atoms with Gasteiger partial charge in [0.2, 0.25) is 0 Å². The third kappa shape index (κ3) is 4.54. The number of aromatic nitrogens is 4. The highest BCUT2D eigenvalue weighted by Gasteiger charge is 2.26. The molecule has 2 aromatic carbocycles. The first kappa shape index (κ1) is 20.9. The summed E-state index contributed by atoms with van der Waals surface area (Å²) in [5.41, 5.74) is 2.03. The Kier molecular flexibility index (Phi) is 5.92. The lowest BCUT2D eigenvalue weighted by molar-refractivity contribution is -0.384. The molecule has 160 valence electrons. The zero-order valence-electron chi connectivity index (χ0n) is 16.8. The molecule has 2 heterocycles. The van der Waals surface area contributed by atoms with Crippen LogP contribution in [0, 0.1) is 17.0 Å². The molecule has 1 aliphatic rings. The molecule has 0 bridgehead atoms. The Hall–Kier alpha value is -3.37. The summed E-state index contributed by atoms with van der Waals surface area (Å²) < 4.78 is 1.71. The average molecular weight is 442 g/mol. The van der Waals surface area contributed by atoms with Gasteiger partial charge in [0.05, 0.1) is 27.7 Å². The molecule has 0 saturated carbocycles. The summed E-state index contributed by atoms with van der Waals surface area (Å²) in [6.07, 6.45) is 0. The van der Waals surface area contributed by atoms with Crippen LogP contribution in [0.4, 0.5) is 5.69 Å². The fourth-order valence-corrected chi connectivity index (χ4v) is 3.66. The molecule has 1 fully saturated rings. The van der Waals surface area contributed by atoms with Gasteiger partial charge in [-0.05, 0) is 35.5 Å². The molecule has 4 rings (SSSR count). The predicted molar refractivity (Wildman–Crippen MR) is 113 cm³/mol. The van der Waals surface area contributed by atoms with Crippen molar-refractivity contribution in [2.75, 3.05) is 26.2 Å². The SMILES string of the molecule is Cc1ccc(-n2nnnc2CN2CCN(C(=O)c3cc([N+](=O)[O-])ccc3Cl)CC2)cc1. The lowest BCUT2D eigenvalue weighted by Crippen LogP contribution is -2.48. The van der Waals surface area contributed by atoms with E-state index in [0.717, 1.165) is 11.3 Å². The number of piperazine rings is 1. The minimum atomic E-state index is -0.538. The van der Waals surface area contributed by atoms with E-state index in [1.54, 1.807) is 9.58 Å². The first-order valence-corrected chi connectivity index (χ1v) is 10.1. The van der Waals surface area contributed by atoms with Gasteiger partial charge < -0.3 is 4.90 Å². The summed E-state index contributed by atoms with van der Waals surface area (Å²) in [4.78, 5) is 27.1. The number of amides is 1. The molecular weight excluding hydrogens is 422 g/mol. The maximum Gasteiger partial charge on any atom is 0.270 e. The van der Waals surface area contributed by atoms with Gasteiger partial charge in [-0.1, -0.05) is 29.3 Å². The van der Waals surface area contributed by atoms with E-state index in [-0.39, 0.29) is 22.2 Å². The molecule has 0 N–H and O–H groups in total. The first-order chi connectivity index (χ1) is 14.9. The van der Waals surface area contributed by atoms with E-state index in [0.29, 0.717) is 38.5 Å². The number of carbonyl (C=O) groups is 1. The number of rotatable bonds is 5. The Morgan fingerprint density at radius 3 is 2.52 bits per heavy atom. The quantitative estimate of drug-likeness (QED) is 0.441. The van der Waals surface area contributed by atoms with Crippen LogP contribution >= 0.6 is 11.6 Å². The van der Waals surface area contributed by atoms with Crippen molar-refractivity contribution in [3.63, 3.8) is 0 Å². The Labute approximate surface area is 183 Å². The van der Waals surface area contributed by atoms with Gasteiger partial charge in [-0.3, -0.25) is 19.8 Å². The molecule has 0 atom stereocenters. The van der Waals surface area contributed by atoms with Crippen LogP contribution in [0.1, 0.15) is 21.7 Å². The van der Waals surface area contributed by atoms with Crippen LogP contribution in [0.15, 0.2) is 42.5 Å². The van der Waals surface area contributed by atoms with E-state index in [4.69, 9.17) is 11.6 Å². The molecule has 10 nitrogen and oxygen atoms in total. The molecule has 1 saturated heterocycles.